The highest BCUT2D eigenvalue weighted by Crippen LogP contribution is 2.28. The van der Waals surface area contributed by atoms with Crippen LogP contribution in [0.1, 0.15) is 49.4 Å². The van der Waals surface area contributed by atoms with Gasteiger partial charge in [-0.2, -0.15) is 0 Å². The van der Waals surface area contributed by atoms with E-state index in [2.05, 4.69) is 10.3 Å². The number of nitrogens with zero attached hydrogens (tertiary/aromatic N) is 2. The van der Waals surface area contributed by atoms with E-state index in [4.69, 9.17) is 9.15 Å². The van der Waals surface area contributed by atoms with Crippen LogP contribution < -0.4 is 10.9 Å². The maximum absolute atomic E-state index is 12.7. The van der Waals surface area contributed by atoms with Gasteiger partial charge in [-0.3, -0.25) is 14.2 Å². The van der Waals surface area contributed by atoms with Crippen LogP contribution in [0.25, 0.3) is 10.2 Å². The number of fused-ring (bicyclic) bond motifs is 2. The number of hydrogen-bond donors (Lipinski definition) is 1. The lowest BCUT2D eigenvalue weighted by atomic mass is 10.2. The van der Waals surface area contributed by atoms with Crippen LogP contribution in [0.3, 0.4) is 0 Å². The van der Waals surface area contributed by atoms with Crippen molar-refractivity contribution in [1.82, 2.24) is 14.9 Å². The Bertz CT molecular complexity index is 1170. The van der Waals surface area contributed by atoms with E-state index < -0.39 is 5.97 Å². The highest BCUT2D eigenvalue weighted by atomic mass is 32.1. The number of thiophene rings is 1. The zero-order valence-corrected chi connectivity index (χ0v) is 16.6. The molecule has 8 nitrogen and oxygen atoms in total. The van der Waals surface area contributed by atoms with E-state index in [-0.39, 0.29) is 18.0 Å². The van der Waals surface area contributed by atoms with E-state index in [9.17, 15) is 14.4 Å². The number of nitrogens with one attached hydrogen (secondary N) is 1. The second-order valence-electron chi connectivity index (χ2n) is 6.68. The lowest BCUT2D eigenvalue weighted by Crippen LogP contribution is -2.23. The Morgan fingerprint density at radius 2 is 2.18 bits per heavy atom. The predicted octanol–water partition coefficient (Wildman–Crippen LogP) is 2.33. The second-order valence-corrected chi connectivity index (χ2v) is 7.68. The van der Waals surface area contributed by atoms with Crippen LogP contribution in [0.15, 0.2) is 15.3 Å². The van der Waals surface area contributed by atoms with Gasteiger partial charge in [0, 0.05) is 13.0 Å². The van der Waals surface area contributed by atoms with Crippen LogP contribution in [0.2, 0.25) is 0 Å². The molecule has 1 amide bonds. The van der Waals surface area contributed by atoms with Crippen LogP contribution in [-0.2, 0) is 24.2 Å². The summed E-state index contributed by atoms with van der Waals surface area (Å²) >= 11 is 1.22. The summed E-state index contributed by atoms with van der Waals surface area (Å²) in [6.07, 6.45) is 1.70. The maximum atomic E-state index is 12.7. The molecule has 0 spiro atoms. The number of amides is 1. The summed E-state index contributed by atoms with van der Waals surface area (Å²) < 4.78 is 11.9. The fraction of sp³-hybridized carbons (Fsp3) is 0.368. The number of hydrogen-bond acceptors (Lipinski definition) is 7. The minimum absolute atomic E-state index is 0.0744. The van der Waals surface area contributed by atoms with Gasteiger partial charge in [-0.15, -0.1) is 11.3 Å². The predicted molar refractivity (Wildman–Crippen MR) is 103 cm³/mol. The van der Waals surface area contributed by atoms with Gasteiger partial charge >= 0.3 is 5.97 Å². The minimum atomic E-state index is -0.487. The Morgan fingerprint density at radius 1 is 1.39 bits per heavy atom. The molecule has 0 radical (unpaired) electrons. The van der Waals surface area contributed by atoms with Crippen LogP contribution in [0.5, 0.6) is 0 Å². The molecule has 3 aromatic rings. The third-order valence-corrected chi connectivity index (χ3v) is 6.10. The number of aryl methyl sites for hydroxylation is 3. The van der Waals surface area contributed by atoms with Crippen LogP contribution >= 0.6 is 11.3 Å². The normalized spacial score (nSPS) is 13.0. The third kappa shape index (κ3) is 2.91. The Morgan fingerprint density at radius 3 is 2.93 bits per heavy atom. The van der Waals surface area contributed by atoms with Crippen molar-refractivity contribution in [3.8, 4) is 0 Å². The average Bonchev–Trinajstić information content (AvgIpc) is 3.37. The van der Waals surface area contributed by atoms with E-state index in [1.807, 2.05) is 0 Å². The van der Waals surface area contributed by atoms with Gasteiger partial charge in [-0.25, -0.2) is 9.78 Å². The van der Waals surface area contributed by atoms with E-state index in [1.165, 1.54) is 18.4 Å². The monoisotopic (exact) mass is 401 g/mol. The quantitative estimate of drug-likeness (QED) is 0.673. The first kappa shape index (κ1) is 18.4. The molecule has 3 aromatic heterocycles. The van der Waals surface area contributed by atoms with Crippen molar-refractivity contribution < 1.29 is 18.7 Å². The van der Waals surface area contributed by atoms with Crippen LogP contribution in [0, 0.1) is 13.8 Å². The molecule has 28 heavy (non-hydrogen) atoms. The van der Waals surface area contributed by atoms with Crippen molar-refractivity contribution in [3.63, 3.8) is 0 Å². The van der Waals surface area contributed by atoms with Gasteiger partial charge in [0.2, 0.25) is 0 Å². The molecule has 0 fully saturated rings. The fourth-order valence-corrected chi connectivity index (χ4v) is 4.59. The Labute approximate surface area is 164 Å². The van der Waals surface area contributed by atoms with Crippen molar-refractivity contribution in [3.05, 3.63) is 49.8 Å². The summed E-state index contributed by atoms with van der Waals surface area (Å²) in [5, 5.41) is 3.30. The van der Waals surface area contributed by atoms with Gasteiger partial charge in [0.15, 0.2) is 0 Å². The minimum Gasteiger partial charge on any atom is -0.465 e. The lowest BCUT2D eigenvalue weighted by molar-refractivity contribution is 0.0598. The molecule has 1 aliphatic rings. The standard InChI is InChI=1S/C19H19N3O5S/c1-9-14-17(21-13-5-4-6-22(13)18(14)24)28-15(9)16(23)20-8-11-7-12(10(2)27-11)19(25)26-3/h7H,4-6,8H2,1-3H3,(H,20,23). The summed E-state index contributed by atoms with van der Waals surface area (Å²) in [6, 6.07) is 1.55. The molecule has 1 aliphatic heterocycles. The van der Waals surface area contributed by atoms with Crippen molar-refractivity contribution in [1.29, 1.82) is 0 Å². The van der Waals surface area contributed by atoms with Gasteiger partial charge in [-0.05, 0) is 31.9 Å². The van der Waals surface area contributed by atoms with Gasteiger partial charge < -0.3 is 14.5 Å². The molecule has 0 bridgehead atoms. The summed E-state index contributed by atoms with van der Waals surface area (Å²) in [5.41, 5.74) is 0.897. The zero-order chi connectivity index (χ0) is 20.0. The molecule has 0 unspecified atom stereocenters. The molecule has 0 saturated heterocycles. The first-order chi connectivity index (χ1) is 13.4. The van der Waals surface area contributed by atoms with Crippen molar-refractivity contribution in [2.24, 2.45) is 0 Å². The van der Waals surface area contributed by atoms with E-state index in [0.717, 1.165) is 18.7 Å². The Kier molecular flexibility index (Phi) is 4.54. The summed E-state index contributed by atoms with van der Waals surface area (Å²) in [6.45, 7) is 4.22. The number of rotatable bonds is 4. The zero-order valence-electron chi connectivity index (χ0n) is 15.7. The fourth-order valence-electron chi connectivity index (χ4n) is 3.48. The van der Waals surface area contributed by atoms with Crippen LogP contribution in [0.4, 0.5) is 0 Å². The van der Waals surface area contributed by atoms with Gasteiger partial charge in [0.05, 0.1) is 23.9 Å². The topological polar surface area (TPSA) is 103 Å². The molecule has 4 rings (SSSR count). The second kappa shape index (κ2) is 6.90. The number of aromatic nitrogens is 2. The molecule has 1 N–H and O–H groups in total. The van der Waals surface area contributed by atoms with Gasteiger partial charge in [0.1, 0.15) is 27.7 Å². The molecule has 146 valence electrons. The van der Waals surface area contributed by atoms with Crippen molar-refractivity contribution >= 4 is 33.4 Å². The summed E-state index contributed by atoms with van der Waals surface area (Å²) in [5.74, 6) is 0.868. The lowest BCUT2D eigenvalue weighted by Gasteiger charge is -2.03. The van der Waals surface area contributed by atoms with E-state index in [1.54, 1.807) is 24.5 Å². The molecule has 0 saturated carbocycles. The SMILES string of the molecule is COC(=O)c1cc(CNC(=O)c2sc3nc4n(c(=O)c3c2C)CCC4)oc1C. The highest BCUT2D eigenvalue weighted by Gasteiger charge is 2.23. The van der Waals surface area contributed by atoms with Gasteiger partial charge in [-0.1, -0.05) is 0 Å². The molecule has 0 atom stereocenters. The first-order valence-electron chi connectivity index (χ1n) is 8.89. The number of ether oxygens (including phenoxy) is 1. The molecule has 9 heteroatoms. The summed E-state index contributed by atoms with van der Waals surface area (Å²) in [7, 11) is 1.30. The molecule has 0 aliphatic carbocycles. The molecular formula is C19H19N3O5S. The van der Waals surface area contributed by atoms with Crippen molar-refractivity contribution in [2.45, 2.75) is 39.8 Å². The van der Waals surface area contributed by atoms with E-state index >= 15 is 0 Å². The number of carbonyl (C=O) groups is 2. The molecule has 0 aromatic carbocycles. The molecule has 4 heterocycles. The van der Waals surface area contributed by atoms with Crippen LogP contribution in [-0.4, -0.2) is 28.5 Å². The van der Waals surface area contributed by atoms with Gasteiger partial charge in [0.25, 0.3) is 11.5 Å². The summed E-state index contributed by atoms with van der Waals surface area (Å²) in [4.78, 5) is 42.7. The number of carbonyl (C=O) groups excluding carboxylic acids is 2. The number of furan rings is 1. The number of esters is 1. The smallest absolute Gasteiger partial charge is 0.341 e. The molecular weight excluding hydrogens is 382 g/mol. The number of methoxy groups -OCH3 is 1. The van der Waals surface area contributed by atoms with Crippen molar-refractivity contribution in [2.75, 3.05) is 7.11 Å². The van der Waals surface area contributed by atoms with E-state index in [0.29, 0.717) is 44.3 Å². The highest BCUT2D eigenvalue weighted by molar-refractivity contribution is 7.20. The average molecular weight is 401 g/mol. The Balaban J connectivity index is 1.58. The Hall–Kier alpha value is -2.94. The third-order valence-electron chi connectivity index (χ3n) is 4.92. The maximum Gasteiger partial charge on any atom is 0.341 e. The first-order valence-corrected chi connectivity index (χ1v) is 9.71. The largest absolute Gasteiger partial charge is 0.465 e.